The Kier molecular flexibility index (Phi) is 5.09. The van der Waals surface area contributed by atoms with Gasteiger partial charge in [0.05, 0.1) is 6.33 Å². The van der Waals surface area contributed by atoms with Crippen LogP contribution in [0.2, 0.25) is 0 Å². The molecule has 0 amide bonds. The average Bonchev–Trinajstić information content (AvgIpc) is 2.95. The van der Waals surface area contributed by atoms with Crippen molar-refractivity contribution >= 4 is 15.9 Å². The number of aromatic nitrogens is 2. The molecule has 21 heavy (non-hydrogen) atoms. The van der Waals surface area contributed by atoms with Gasteiger partial charge in [0.1, 0.15) is 0 Å². The lowest BCUT2D eigenvalue weighted by Crippen LogP contribution is -2.40. The Morgan fingerprint density at radius 3 is 2.86 bits per heavy atom. The van der Waals surface area contributed by atoms with E-state index in [1.165, 1.54) is 35.7 Å². The van der Waals surface area contributed by atoms with Crippen molar-refractivity contribution in [3.63, 3.8) is 0 Å². The van der Waals surface area contributed by atoms with E-state index in [0.29, 0.717) is 6.04 Å². The van der Waals surface area contributed by atoms with Crippen LogP contribution in [0.15, 0.2) is 47.5 Å². The average molecular weight is 348 g/mol. The first-order valence-corrected chi connectivity index (χ1v) is 8.56. The van der Waals surface area contributed by atoms with Crippen LogP contribution >= 0.6 is 15.9 Å². The van der Waals surface area contributed by atoms with E-state index in [9.17, 15) is 0 Å². The number of benzene rings is 1. The van der Waals surface area contributed by atoms with Gasteiger partial charge in [-0.2, -0.15) is 0 Å². The van der Waals surface area contributed by atoms with Gasteiger partial charge in [0.15, 0.2) is 0 Å². The Balaban J connectivity index is 1.30. The summed E-state index contributed by atoms with van der Waals surface area (Å²) in [5, 5.41) is 3.68. The summed E-state index contributed by atoms with van der Waals surface area (Å²) in [5.41, 5.74) is 1.47. The van der Waals surface area contributed by atoms with Crippen LogP contribution in [-0.4, -0.2) is 22.1 Å². The Morgan fingerprint density at radius 1 is 1.24 bits per heavy atom. The summed E-state index contributed by atoms with van der Waals surface area (Å²) in [4.78, 5) is 4.06. The maximum Gasteiger partial charge on any atom is 0.0945 e. The van der Waals surface area contributed by atoms with Crippen molar-refractivity contribution in [2.24, 2.45) is 0 Å². The molecule has 1 aliphatic carbocycles. The van der Waals surface area contributed by atoms with Gasteiger partial charge >= 0.3 is 0 Å². The molecule has 3 rings (SSSR count). The molecule has 1 heterocycles. The third kappa shape index (κ3) is 3.95. The lowest BCUT2D eigenvalue weighted by Gasteiger charge is -2.37. The van der Waals surface area contributed by atoms with Crippen LogP contribution in [0.5, 0.6) is 0 Å². The zero-order valence-electron chi connectivity index (χ0n) is 12.2. The minimum absolute atomic E-state index is 0.704. The molecule has 0 bridgehead atoms. The third-order valence-corrected chi connectivity index (χ3v) is 5.04. The molecule has 1 aromatic carbocycles. The van der Waals surface area contributed by atoms with E-state index in [2.05, 4.69) is 55.1 Å². The quantitative estimate of drug-likeness (QED) is 0.768. The van der Waals surface area contributed by atoms with Gasteiger partial charge in [0, 0.05) is 29.5 Å². The van der Waals surface area contributed by atoms with E-state index in [4.69, 9.17) is 0 Å². The lowest BCUT2D eigenvalue weighted by molar-refractivity contribution is 0.288. The van der Waals surface area contributed by atoms with E-state index >= 15 is 0 Å². The van der Waals surface area contributed by atoms with Crippen LogP contribution in [-0.2, 0) is 6.54 Å². The second-order valence-electron chi connectivity index (χ2n) is 5.85. The van der Waals surface area contributed by atoms with Gasteiger partial charge in [0.2, 0.25) is 0 Å². The van der Waals surface area contributed by atoms with E-state index < -0.39 is 0 Å². The highest BCUT2D eigenvalue weighted by Gasteiger charge is 2.30. The molecule has 3 nitrogen and oxygen atoms in total. The van der Waals surface area contributed by atoms with E-state index in [1.54, 1.807) is 0 Å². The fourth-order valence-corrected chi connectivity index (χ4v) is 3.60. The smallest absolute Gasteiger partial charge is 0.0945 e. The van der Waals surface area contributed by atoms with Gasteiger partial charge in [0.25, 0.3) is 0 Å². The monoisotopic (exact) mass is 347 g/mol. The number of halogens is 1. The Bertz CT molecular complexity index is 547. The normalized spacial score (nSPS) is 21.2. The molecule has 1 fully saturated rings. The summed E-state index contributed by atoms with van der Waals surface area (Å²) in [5.74, 6) is 0.726. The van der Waals surface area contributed by atoms with Gasteiger partial charge in [-0.05, 0) is 49.8 Å². The summed E-state index contributed by atoms with van der Waals surface area (Å²) in [6.45, 7) is 2.20. The number of hydrogen-bond acceptors (Lipinski definition) is 2. The summed E-state index contributed by atoms with van der Waals surface area (Å²) in [7, 11) is 0. The molecule has 1 aliphatic rings. The van der Waals surface area contributed by atoms with E-state index in [-0.39, 0.29) is 0 Å². The SMILES string of the molecule is Brc1ccccc1C1CC(NCCCCn2ccnc2)C1. The van der Waals surface area contributed by atoms with Crippen molar-refractivity contribution in [3.8, 4) is 0 Å². The van der Waals surface area contributed by atoms with Gasteiger partial charge in [-0.15, -0.1) is 0 Å². The molecule has 0 spiro atoms. The first-order chi connectivity index (χ1) is 10.3. The molecule has 0 unspecified atom stereocenters. The lowest BCUT2D eigenvalue weighted by atomic mass is 9.76. The Hall–Kier alpha value is -1.13. The Labute approximate surface area is 134 Å². The highest BCUT2D eigenvalue weighted by atomic mass is 79.9. The highest BCUT2D eigenvalue weighted by Crippen LogP contribution is 2.39. The van der Waals surface area contributed by atoms with E-state index in [0.717, 1.165) is 19.0 Å². The van der Waals surface area contributed by atoms with Gasteiger partial charge < -0.3 is 9.88 Å². The predicted octanol–water partition coefficient (Wildman–Crippen LogP) is 3.96. The minimum Gasteiger partial charge on any atom is -0.337 e. The van der Waals surface area contributed by atoms with Crippen molar-refractivity contribution in [2.45, 2.75) is 44.2 Å². The number of hydrogen-bond donors (Lipinski definition) is 1. The number of imidazole rings is 1. The van der Waals surface area contributed by atoms with Crippen molar-refractivity contribution in [2.75, 3.05) is 6.54 Å². The second-order valence-corrected chi connectivity index (χ2v) is 6.70. The highest BCUT2D eigenvalue weighted by molar-refractivity contribution is 9.10. The fourth-order valence-electron chi connectivity index (χ4n) is 2.99. The van der Waals surface area contributed by atoms with Crippen LogP contribution in [0.1, 0.15) is 37.2 Å². The zero-order chi connectivity index (χ0) is 14.5. The molecule has 0 atom stereocenters. The maximum atomic E-state index is 4.06. The van der Waals surface area contributed by atoms with Crippen LogP contribution in [0, 0.1) is 0 Å². The topological polar surface area (TPSA) is 29.9 Å². The molecule has 0 saturated heterocycles. The molecule has 0 radical (unpaired) electrons. The first-order valence-electron chi connectivity index (χ1n) is 7.76. The van der Waals surface area contributed by atoms with Crippen LogP contribution in [0.25, 0.3) is 0 Å². The fraction of sp³-hybridized carbons (Fsp3) is 0.471. The van der Waals surface area contributed by atoms with Crippen molar-refractivity contribution in [1.82, 2.24) is 14.9 Å². The summed E-state index contributed by atoms with van der Waals surface area (Å²) >= 11 is 3.66. The zero-order valence-corrected chi connectivity index (χ0v) is 13.8. The molecular formula is C17H22BrN3. The summed E-state index contributed by atoms with van der Waals surface area (Å²) in [6.07, 6.45) is 10.7. The maximum absolute atomic E-state index is 4.06. The van der Waals surface area contributed by atoms with Crippen LogP contribution in [0.4, 0.5) is 0 Å². The number of nitrogens with zero attached hydrogens (tertiary/aromatic N) is 2. The standard InChI is InChI=1S/C17H22BrN3/c18-17-6-2-1-5-16(17)14-11-15(12-14)20-7-3-4-9-21-10-8-19-13-21/h1-2,5-6,8,10,13-15,20H,3-4,7,9,11-12H2. The largest absolute Gasteiger partial charge is 0.337 e. The number of aryl methyl sites for hydroxylation is 1. The molecule has 0 aliphatic heterocycles. The summed E-state index contributed by atoms with van der Waals surface area (Å²) < 4.78 is 3.40. The van der Waals surface area contributed by atoms with E-state index in [1.807, 2.05) is 18.7 Å². The third-order valence-electron chi connectivity index (χ3n) is 4.32. The molecular weight excluding hydrogens is 326 g/mol. The van der Waals surface area contributed by atoms with Crippen LogP contribution in [0.3, 0.4) is 0 Å². The first kappa shape index (κ1) is 14.8. The van der Waals surface area contributed by atoms with Crippen molar-refractivity contribution in [1.29, 1.82) is 0 Å². The summed E-state index contributed by atoms with van der Waals surface area (Å²) in [6, 6.07) is 9.32. The Morgan fingerprint density at radius 2 is 2.10 bits per heavy atom. The molecule has 2 aromatic rings. The van der Waals surface area contributed by atoms with Crippen molar-refractivity contribution < 1.29 is 0 Å². The second kappa shape index (κ2) is 7.23. The molecule has 1 saturated carbocycles. The number of nitrogens with one attached hydrogen (secondary N) is 1. The molecule has 112 valence electrons. The molecule has 1 aromatic heterocycles. The number of unbranched alkanes of at least 4 members (excludes halogenated alkanes) is 1. The minimum atomic E-state index is 0.704. The van der Waals surface area contributed by atoms with Crippen molar-refractivity contribution in [3.05, 3.63) is 53.0 Å². The van der Waals surface area contributed by atoms with Gasteiger partial charge in [-0.25, -0.2) is 4.98 Å². The van der Waals surface area contributed by atoms with Gasteiger partial charge in [-0.1, -0.05) is 34.1 Å². The van der Waals surface area contributed by atoms with Crippen LogP contribution < -0.4 is 5.32 Å². The number of rotatable bonds is 7. The molecule has 4 heteroatoms. The van der Waals surface area contributed by atoms with Gasteiger partial charge in [-0.3, -0.25) is 0 Å². The predicted molar refractivity (Wildman–Crippen MR) is 89.4 cm³/mol. The molecule has 1 N–H and O–H groups in total.